The van der Waals surface area contributed by atoms with Crippen LogP contribution in [0.2, 0.25) is 5.15 Å². The normalized spacial score (nSPS) is 13.0. The number of nitrogens with zero attached hydrogens (tertiary/aromatic N) is 2. The highest BCUT2D eigenvalue weighted by Gasteiger charge is 2.10. The summed E-state index contributed by atoms with van der Waals surface area (Å²) in [7, 11) is 3.49. The van der Waals surface area contributed by atoms with Gasteiger partial charge in [-0.15, -0.1) is 11.6 Å². The smallest absolute Gasteiger partial charge is 0.131 e. The third kappa shape index (κ3) is 4.47. The van der Waals surface area contributed by atoms with E-state index in [9.17, 15) is 0 Å². The van der Waals surface area contributed by atoms with Gasteiger partial charge in [0.2, 0.25) is 0 Å². The number of hydrogen-bond donors (Lipinski definition) is 1. The first-order chi connectivity index (χ1) is 8.06. The summed E-state index contributed by atoms with van der Waals surface area (Å²) in [5.74, 6) is 0. The lowest BCUT2D eigenvalue weighted by atomic mass is 10.2. The van der Waals surface area contributed by atoms with E-state index in [1.54, 1.807) is 11.8 Å². The number of methoxy groups -OCH3 is 1. The summed E-state index contributed by atoms with van der Waals surface area (Å²) in [4.78, 5) is 0. The van der Waals surface area contributed by atoms with Gasteiger partial charge in [0.25, 0.3) is 0 Å². The van der Waals surface area contributed by atoms with E-state index in [2.05, 4.69) is 10.4 Å². The highest BCUT2D eigenvalue weighted by atomic mass is 35.5. The third-order valence-electron chi connectivity index (χ3n) is 2.55. The first-order valence-electron chi connectivity index (χ1n) is 5.58. The van der Waals surface area contributed by atoms with Crippen molar-refractivity contribution >= 4 is 23.2 Å². The Hall–Kier alpha value is -0.290. The largest absolute Gasteiger partial charge is 0.383 e. The number of halogens is 2. The quantitative estimate of drug-likeness (QED) is 0.614. The summed E-state index contributed by atoms with van der Waals surface area (Å²) >= 11 is 12.1. The van der Waals surface area contributed by atoms with Gasteiger partial charge in [-0.3, -0.25) is 4.68 Å². The molecule has 1 aromatic rings. The molecule has 1 unspecified atom stereocenters. The maximum absolute atomic E-state index is 6.12. The van der Waals surface area contributed by atoms with Crippen LogP contribution >= 0.6 is 23.2 Å². The fourth-order valence-corrected chi connectivity index (χ4v) is 2.09. The van der Waals surface area contributed by atoms with Gasteiger partial charge in [0, 0.05) is 26.3 Å². The molecule has 0 aliphatic carbocycles. The molecule has 0 fully saturated rings. The second-order valence-electron chi connectivity index (χ2n) is 4.00. The van der Waals surface area contributed by atoms with Crippen molar-refractivity contribution in [2.45, 2.75) is 25.3 Å². The van der Waals surface area contributed by atoms with Crippen molar-refractivity contribution in [3.63, 3.8) is 0 Å². The van der Waals surface area contributed by atoms with E-state index < -0.39 is 0 Å². The number of alkyl halides is 1. The lowest BCUT2D eigenvalue weighted by Crippen LogP contribution is -2.20. The van der Waals surface area contributed by atoms with Crippen LogP contribution in [0.4, 0.5) is 0 Å². The molecular weight excluding hydrogens is 261 g/mol. The molecule has 98 valence electrons. The molecule has 4 nitrogen and oxygen atoms in total. The number of aromatic nitrogens is 2. The van der Waals surface area contributed by atoms with Crippen molar-refractivity contribution in [2.24, 2.45) is 7.05 Å². The van der Waals surface area contributed by atoms with Gasteiger partial charge in [0.15, 0.2) is 0 Å². The fourth-order valence-electron chi connectivity index (χ4n) is 1.61. The van der Waals surface area contributed by atoms with Gasteiger partial charge < -0.3 is 10.1 Å². The zero-order valence-corrected chi connectivity index (χ0v) is 12.0. The molecule has 1 heterocycles. The van der Waals surface area contributed by atoms with Gasteiger partial charge in [-0.2, -0.15) is 5.10 Å². The molecule has 1 aromatic heterocycles. The van der Waals surface area contributed by atoms with Crippen LogP contribution in [0.5, 0.6) is 0 Å². The van der Waals surface area contributed by atoms with Crippen LogP contribution in [-0.4, -0.2) is 35.4 Å². The highest BCUT2D eigenvalue weighted by Crippen LogP contribution is 2.18. The van der Waals surface area contributed by atoms with Crippen molar-refractivity contribution in [3.8, 4) is 0 Å². The van der Waals surface area contributed by atoms with E-state index in [0.29, 0.717) is 11.8 Å². The van der Waals surface area contributed by atoms with E-state index in [4.69, 9.17) is 27.9 Å². The van der Waals surface area contributed by atoms with Crippen LogP contribution < -0.4 is 5.32 Å². The van der Waals surface area contributed by atoms with E-state index in [1.807, 2.05) is 14.0 Å². The van der Waals surface area contributed by atoms with Gasteiger partial charge in [0.1, 0.15) is 5.15 Å². The van der Waals surface area contributed by atoms with Crippen LogP contribution in [0, 0.1) is 6.92 Å². The average molecular weight is 280 g/mol. The maximum Gasteiger partial charge on any atom is 0.131 e. The van der Waals surface area contributed by atoms with Crippen LogP contribution in [0.1, 0.15) is 17.7 Å². The summed E-state index contributed by atoms with van der Waals surface area (Å²) in [6.45, 7) is 4.09. The van der Waals surface area contributed by atoms with Crippen molar-refractivity contribution in [2.75, 3.05) is 20.3 Å². The van der Waals surface area contributed by atoms with Crippen molar-refractivity contribution < 1.29 is 4.74 Å². The molecule has 17 heavy (non-hydrogen) atoms. The summed E-state index contributed by atoms with van der Waals surface area (Å²) in [5.41, 5.74) is 2.01. The molecule has 0 aromatic carbocycles. The number of aryl methyl sites for hydroxylation is 2. The van der Waals surface area contributed by atoms with Crippen molar-refractivity contribution in [1.29, 1.82) is 0 Å². The second kappa shape index (κ2) is 7.21. The van der Waals surface area contributed by atoms with E-state index in [-0.39, 0.29) is 5.38 Å². The molecular formula is C11H19Cl2N3O. The molecule has 1 N–H and O–H groups in total. The molecule has 0 amide bonds. The number of hydrogen-bond acceptors (Lipinski definition) is 3. The standard InChI is InChI=1S/C11H19Cl2N3O/c1-8-10(11(13)16(2)15-8)6-14-5-4-9(12)7-17-3/h9,14H,4-7H2,1-3H3. The Kier molecular flexibility index (Phi) is 6.27. The molecule has 0 saturated carbocycles. The predicted octanol–water partition coefficient (Wildman–Crippen LogP) is 2.12. The number of ether oxygens (including phenoxy) is 1. The minimum atomic E-state index is 0.0537. The molecule has 0 saturated heterocycles. The highest BCUT2D eigenvalue weighted by molar-refractivity contribution is 6.30. The first kappa shape index (κ1) is 14.8. The van der Waals surface area contributed by atoms with Gasteiger partial charge in [-0.05, 0) is 19.9 Å². The molecule has 0 aliphatic rings. The van der Waals surface area contributed by atoms with E-state index in [1.165, 1.54) is 0 Å². The summed E-state index contributed by atoms with van der Waals surface area (Å²) in [6.07, 6.45) is 0.867. The Morgan fingerprint density at radius 3 is 2.76 bits per heavy atom. The van der Waals surface area contributed by atoms with Crippen LogP contribution in [0.25, 0.3) is 0 Å². The first-order valence-corrected chi connectivity index (χ1v) is 6.39. The molecule has 1 atom stereocenters. The van der Waals surface area contributed by atoms with Crippen molar-refractivity contribution in [3.05, 3.63) is 16.4 Å². The zero-order valence-electron chi connectivity index (χ0n) is 10.5. The predicted molar refractivity (Wildman–Crippen MR) is 70.8 cm³/mol. The van der Waals surface area contributed by atoms with Crippen molar-refractivity contribution in [1.82, 2.24) is 15.1 Å². The molecule has 0 bridgehead atoms. The second-order valence-corrected chi connectivity index (χ2v) is 4.97. The summed E-state index contributed by atoms with van der Waals surface area (Å²) in [6, 6.07) is 0. The van der Waals surface area contributed by atoms with E-state index >= 15 is 0 Å². The molecule has 6 heteroatoms. The Labute approximate surface area is 112 Å². The van der Waals surface area contributed by atoms with E-state index in [0.717, 1.165) is 30.8 Å². The van der Waals surface area contributed by atoms with Gasteiger partial charge in [0.05, 0.1) is 17.7 Å². The Morgan fingerprint density at radius 2 is 2.24 bits per heavy atom. The molecule has 0 radical (unpaired) electrons. The molecule has 1 rings (SSSR count). The van der Waals surface area contributed by atoms with Crippen LogP contribution in [0.3, 0.4) is 0 Å². The maximum atomic E-state index is 6.12. The minimum absolute atomic E-state index is 0.0537. The minimum Gasteiger partial charge on any atom is -0.383 e. The third-order valence-corrected chi connectivity index (χ3v) is 3.37. The van der Waals surface area contributed by atoms with Crippen LogP contribution in [0.15, 0.2) is 0 Å². The number of nitrogens with one attached hydrogen (secondary N) is 1. The lowest BCUT2D eigenvalue weighted by Gasteiger charge is -2.09. The number of rotatable bonds is 7. The Bertz CT molecular complexity index is 355. The topological polar surface area (TPSA) is 39.1 Å². The summed E-state index contributed by atoms with van der Waals surface area (Å²) in [5, 5.41) is 8.30. The Morgan fingerprint density at radius 1 is 1.53 bits per heavy atom. The SMILES string of the molecule is COCC(Cl)CCNCc1c(C)nn(C)c1Cl. The summed E-state index contributed by atoms with van der Waals surface area (Å²) < 4.78 is 6.65. The molecule has 0 aliphatic heterocycles. The van der Waals surface area contributed by atoms with Gasteiger partial charge in [-0.1, -0.05) is 11.6 Å². The van der Waals surface area contributed by atoms with Gasteiger partial charge >= 0.3 is 0 Å². The fraction of sp³-hybridized carbons (Fsp3) is 0.727. The van der Waals surface area contributed by atoms with Crippen LogP contribution in [-0.2, 0) is 18.3 Å². The monoisotopic (exact) mass is 279 g/mol. The zero-order chi connectivity index (χ0) is 12.8. The average Bonchev–Trinajstić information content (AvgIpc) is 2.50. The lowest BCUT2D eigenvalue weighted by molar-refractivity contribution is 0.195. The Balaban J connectivity index is 2.31. The molecule has 0 spiro atoms. The van der Waals surface area contributed by atoms with Gasteiger partial charge in [-0.25, -0.2) is 0 Å².